The van der Waals surface area contributed by atoms with Gasteiger partial charge in [-0.15, -0.1) is 0 Å². The minimum Gasteiger partial charge on any atom is -0.465 e. The zero-order chi connectivity index (χ0) is 17.7. The van der Waals surface area contributed by atoms with Crippen molar-refractivity contribution in [2.24, 2.45) is 0 Å². The first-order chi connectivity index (χ1) is 11.5. The lowest BCUT2D eigenvalue weighted by atomic mass is 10.2. The number of aromatic nitrogens is 2. The summed E-state index contributed by atoms with van der Waals surface area (Å²) < 4.78 is 1.90. The number of rotatable bonds is 8. The molecular formula is C15H21ClN4O4. The second kappa shape index (κ2) is 8.18. The van der Waals surface area contributed by atoms with Crippen LogP contribution < -0.4 is 10.2 Å². The van der Waals surface area contributed by atoms with E-state index in [1.807, 2.05) is 17.6 Å². The predicted octanol–water partition coefficient (Wildman–Crippen LogP) is 1.27. The van der Waals surface area contributed by atoms with Crippen molar-refractivity contribution in [3.63, 3.8) is 0 Å². The molecule has 0 aliphatic heterocycles. The van der Waals surface area contributed by atoms with Crippen molar-refractivity contribution in [3.05, 3.63) is 23.0 Å². The molecule has 1 heterocycles. The summed E-state index contributed by atoms with van der Waals surface area (Å²) in [5, 5.41) is 30.0. The van der Waals surface area contributed by atoms with Gasteiger partial charge in [0.25, 0.3) is 0 Å². The summed E-state index contributed by atoms with van der Waals surface area (Å²) in [5.74, 6) is 0.596. The summed E-state index contributed by atoms with van der Waals surface area (Å²) in [6.45, 7) is 3.23. The van der Waals surface area contributed by atoms with Crippen molar-refractivity contribution in [3.8, 4) is 0 Å². The third-order valence-electron chi connectivity index (χ3n) is 3.69. The van der Waals surface area contributed by atoms with Gasteiger partial charge < -0.3 is 30.1 Å². The number of fused-ring (bicyclic) bond motifs is 1. The quantitative estimate of drug-likeness (QED) is 0.567. The van der Waals surface area contributed by atoms with E-state index < -0.39 is 6.09 Å². The third-order valence-corrected chi connectivity index (χ3v) is 3.99. The number of halogens is 1. The summed E-state index contributed by atoms with van der Waals surface area (Å²) >= 11 is 6.34. The molecule has 0 fully saturated rings. The Hall–Kier alpha value is -2.03. The molecule has 0 saturated heterocycles. The van der Waals surface area contributed by atoms with Gasteiger partial charge in [-0.05, 0) is 19.1 Å². The fraction of sp³-hybridized carbons (Fsp3) is 0.467. The van der Waals surface area contributed by atoms with Gasteiger partial charge in [-0.3, -0.25) is 0 Å². The molecule has 4 N–H and O–H groups in total. The fourth-order valence-electron chi connectivity index (χ4n) is 2.66. The number of aliphatic hydroxyl groups excluding tert-OH is 2. The Bertz CT molecular complexity index is 713. The van der Waals surface area contributed by atoms with Gasteiger partial charge in [0.05, 0.1) is 41.5 Å². The number of aliphatic hydroxyl groups is 2. The van der Waals surface area contributed by atoms with Crippen LogP contribution in [0.5, 0.6) is 0 Å². The number of nitrogens with zero attached hydrogens (tertiary/aromatic N) is 3. The van der Waals surface area contributed by atoms with E-state index in [1.165, 1.54) is 0 Å². The Morgan fingerprint density at radius 2 is 2.00 bits per heavy atom. The maximum Gasteiger partial charge on any atom is 0.405 e. The first-order valence-corrected chi connectivity index (χ1v) is 8.01. The summed E-state index contributed by atoms with van der Waals surface area (Å²) in [7, 11) is 0. The molecular weight excluding hydrogens is 336 g/mol. The van der Waals surface area contributed by atoms with Gasteiger partial charge in [-0.1, -0.05) is 11.6 Å². The number of nitrogens with one attached hydrogen (secondary N) is 1. The normalized spacial score (nSPS) is 11.0. The van der Waals surface area contributed by atoms with Gasteiger partial charge in [0, 0.05) is 19.6 Å². The van der Waals surface area contributed by atoms with Crippen LogP contribution in [0.3, 0.4) is 0 Å². The lowest BCUT2D eigenvalue weighted by Crippen LogP contribution is -2.29. The van der Waals surface area contributed by atoms with E-state index >= 15 is 0 Å². The highest BCUT2D eigenvalue weighted by atomic mass is 35.5. The van der Waals surface area contributed by atoms with Crippen molar-refractivity contribution in [2.45, 2.75) is 20.0 Å². The molecule has 1 aromatic heterocycles. The van der Waals surface area contributed by atoms with E-state index in [9.17, 15) is 15.0 Å². The van der Waals surface area contributed by atoms with Crippen LogP contribution in [0, 0.1) is 0 Å². The van der Waals surface area contributed by atoms with E-state index in [2.05, 4.69) is 10.3 Å². The second-order valence-electron chi connectivity index (χ2n) is 5.16. The first-order valence-electron chi connectivity index (χ1n) is 7.63. The van der Waals surface area contributed by atoms with Crippen LogP contribution in [0.25, 0.3) is 11.0 Å². The van der Waals surface area contributed by atoms with Crippen molar-refractivity contribution in [1.82, 2.24) is 14.9 Å². The highest BCUT2D eigenvalue weighted by molar-refractivity contribution is 6.34. The zero-order valence-corrected chi connectivity index (χ0v) is 14.1. The zero-order valence-electron chi connectivity index (χ0n) is 13.4. The SMILES string of the molecule is CCn1c(CNC(=O)O)nc2cc(Cl)c(N(CCO)CCO)cc21. The number of hydrogen-bond acceptors (Lipinski definition) is 5. The Balaban J connectivity index is 2.48. The molecule has 0 bridgehead atoms. The minimum absolute atomic E-state index is 0.0603. The lowest BCUT2D eigenvalue weighted by molar-refractivity contribution is 0.193. The number of hydrogen-bond donors (Lipinski definition) is 4. The van der Waals surface area contributed by atoms with E-state index in [1.54, 1.807) is 11.0 Å². The molecule has 132 valence electrons. The minimum atomic E-state index is -1.11. The average molecular weight is 357 g/mol. The number of carbonyl (C=O) groups is 1. The molecule has 2 rings (SSSR count). The lowest BCUT2D eigenvalue weighted by Gasteiger charge is -2.24. The number of anilines is 1. The van der Waals surface area contributed by atoms with E-state index in [0.29, 0.717) is 41.7 Å². The fourth-order valence-corrected chi connectivity index (χ4v) is 2.94. The van der Waals surface area contributed by atoms with Crippen LogP contribution in [0.2, 0.25) is 5.02 Å². The monoisotopic (exact) mass is 356 g/mol. The molecule has 9 heteroatoms. The number of aryl methyl sites for hydroxylation is 1. The molecule has 0 aliphatic carbocycles. The third kappa shape index (κ3) is 3.89. The largest absolute Gasteiger partial charge is 0.465 e. The highest BCUT2D eigenvalue weighted by Gasteiger charge is 2.16. The molecule has 0 unspecified atom stereocenters. The van der Waals surface area contributed by atoms with Gasteiger partial charge in [-0.2, -0.15) is 0 Å². The van der Waals surface area contributed by atoms with Gasteiger partial charge >= 0.3 is 6.09 Å². The molecule has 1 amide bonds. The summed E-state index contributed by atoms with van der Waals surface area (Å²) in [6, 6.07) is 3.56. The molecule has 24 heavy (non-hydrogen) atoms. The van der Waals surface area contributed by atoms with Crippen LogP contribution in [0.15, 0.2) is 12.1 Å². The van der Waals surface area contributed by atoms with Crippen molar-refractivity contribution in [2.75, 3.05) is 31.2 Å². The number of carboxylic acid groups (broad SMARTS) is 1. The maximum atomic E-state index is 10.7. The van der Waals surface area contributed by atoms with E-state index in [0.717, 1.165) is 5.52 Å². The Morgan fingerprint density at radius 1 is 1.33 bits per heavy atom. The standard InChI is InChI=1S/C15H21ClN4O4/c1-2-20-13-8-12(19(3-5-21)4-6-22)10(16)7-11(13)18-14(20)9-17-15(23)24/h7-8,17,21-22H,2-6,9H2,1H3,(H,23,24). The summed E-state index contributed by atoms with van der Waals surface area (Å²) in [5.41, 5.74) is 2.18. The van der Waals surface area contributed by atoms with Crippen molar-refractivity contribution < 1.29 is 20.1 Å². The van der Waals surface area contributed by atoms with Crippen molar-refractivity contribution >= 4 is 34.4 Å². The van der Waals surface area contributed by atoms with Crippen LogP contribution >= 0.6 is 11.6 Å². The van der Waals surface area contributed by atoms with Gasteiger partial charge in [0.2, 0.25) is 0 Å². The molecule has 0 atom stereocenters. The van der Waals surface area contributed by atoms with Crippen LogP contribution in [0.1, 0.15) is 12.7 Å². The maximum absolute atomic E-state index is 10.7. The molecule has 8 nitrogen and oxygen atoms in total. The highest BCUT2D eigenvalue weighted by Crippen LogP contribution is 2.31. The van der Waals surface area contributed by atoms with Crippen LogP contribution in [0.4, 0.5) is 10.5 Å². The van der Waals surface area contributed by atoms with Gasteiger partial charge in [-0.25, -0.2) is 9.78 Å². The number of amides is 1. The van der Waals surface area contributed by atoms with Crippen LogP contribution in [-0.4, -0.2) is 57.3 Å². The average Bonchev–Trinajstić information content (AvgIpc) is 2.88. The molecule has 0 spiro atoms. The van der Waals surface area contributed by atoms with Crippen LogP contribution in [-0.2, 0) is 13.1 Å². The second-order valence-corrected chi connectivity index (χ2v) is 5.56. The summed E-state index contributed by atoms with van der Waals surface area (Å²) in [6.07, 6.45) is -1.11. The Kier molecular flexibility index (Phi) is 6.24. The Labute approximate surface area is 144 Å². The smallest absolute Gasteiger partial charge is 0.405 e. The number of benzene rings is 1. The van der Waals surface area contributed by atoms with Crippen molar-refractivity contribution in [1.29, 1.82) is 0 Å². The topological polar surface area (TPSA) is 111 Å². The molecule has 1 aromatic carbocycles. The molecule has 2 aromatic rings. The Morgan fingerprint density at radius 3 is 2.54 bits per heavy atom. The summed E-state index contributed by atoms with van der Waals surface area (Å²) in [4.78, 5) is 16.9. The molecule has 0 saturated carbocycles. The first kappa shape index (κ1) is 18.3. The van der Waals surface area contributed by atoms with E-state index in [-0.39, 0.29) is 19.8 Å². The molecule has 0 radical (unpaired) electrons. The number of imidazole rings is 1. The van der Waals surface area contributed by atoms with Gasteiger partial charge in [0.1, 0.15) is 5.82 Å². The van der Waals surface area contributed by atoms with Gasteiger partial charge in [0.15, 0.2) is 0 Å². The van der Waals surface area contributed by atoms with E-state index in [4.69, 9.17) is 16.7 Å². The predicted molar refractivity (Wildman–Crippen MR) is 91.7 cm³/mol. The molecule has 0 aliphatic rings.